The van der Waals surface area contributed by atoms with Gasteiger partial charge in [-0.3, -0.25) is 4.57 Å². The van der Waals surface area contributed by atoms with Crippen molar-refractivity contribution in [2.24, 2.45) is 7.05 Å². The third kappa shape index (κ3) is 2.98. The summed E-state index contributed by atoms with van der Waals surface area (Å²) in [6, 6.07) is 7.33. The number of hydrogen-bond acceptors (Lipinski definition) is 2. The van der Waals surface area contributed by atoms with Crippen molar-refractivity contribution in [3.05, 3.63) is 34.8 Å². The zero-order chi connectivity index (χ0) is 11.8. The molecule has 0 aliphatic heterocycles. The Morgan fingerprint density at radius 2 is 1.60 bits per heavy atom. The number of nitrogens with zero attached hydrogens (tertiary/aromatic N) is 1. The molecule has 0 bridgehead atoms. The Hall–Kier alpha value is -1.51. The molecule has 0 spiro atoms. The molecule has 0 aliphatic rings. The summed E-state index contributed by atoms with van der Waals surface area (Å²) in [5.41, 5.74) is 1.47. The summed E-state index contributed by atoms with van der Waals surface area (Å²) in [6.45, 7) is 8.00. The van der Waals surface area contributed by atoms with E-state index in [2.05, 4.69) is 0 Å². The second-order valence-corrected chi connectivity index (χ2v) is 2.39. The molecule has 2 rings (SSSR count). The van der Waals surface area contributed by atoms with E-state index >= 15 is 0 Å². The van der Waals surface area contributed by atoms with Crippen molar-refractivity contribution >= 4 is 11.1 Å². The van der Waals surface area contributed by atoms with Crippen LogP contribution in [0.2, 0.25) is 0 Å². The summed E-state index contributed by atoms with van der Waals surface area (Å²) < 4.78 is 6.39. The number of rotatable bonds is 0. The summed E-state index contributed by atoms with van der Waals surface area (Å²) >= 11 is 0. The number of aromatic nitrogens is 1. The molecule has 0 atom stereocenters. The minimum atomic E-state index is -0.314. The van der Waals surface area contributed by atoms with Gasteiger partial charge in [-0.15, -0.1) is 0 Å². The monoisotopic (exact) mass is 209 g/mol. The first-order chi connectivity index (χ1) is 7.29. The van der Waals surface area contributed by atoms with Crippen molar-refractivity contribution in [2.75, 3.05) is 0 Å². The molecule has 1 heterocycles. The van der Waals surface area contributed by atoms with Crippen LogP contribution >= 0.6 is 0 Å². The highest BCUT2D eigenvalue weighted by Crippen LogP contribution is 2.09. The van der Waals surface area contributed by atoms with Gasteiger partial charge in [0.05, 0.1) is 5.52 Å². The van der Waals surface area contributed by atoms with Gasteiger partial charge in [-0.2, -0.15) is 0 Å². The van der Waals surface area contributed by atoms with E-state index in [1.54, 1.807) is 13.1 Å². The predicted molar refractivity (Wildman–Crippen MR) is 64.2 cm³/mol. The van der Waals surface area contributed by atoms with E-state index in [0.717, 1.165) is 5.52 Å². The smallest absolute Gasteiger partial charge is 0.408 e. The number of benzene rings is 1. The molecular formula is C12H19NO2. The SMILES string of the molecule is CC.CC.Cn1c(=O)oc2ccccc21. The largest absolute Gasteiger partial charge is 0.419 e. The van der Waals surface area contributed by atoms with Crippen molar-refractivity contribution in [3.8, 4) is 0 Å². The first-order valence-corrected chi connectivity index (χ1v) is 5.33. The molecule has 84 valence electrons. The van der Waals surface area contributed by atoms with Gasteiger partial charge in [0.1, 0.15) is 0 Å². The molecule has 3 heteroatoms. The van der Waals surface area contributed by atoms with Gasteiger partial charge in [0.15, 0.2) is 5.58 Å². The number of aryl methyl sites for hydroxylation is 1. The minimum Gasteiger partial charge on any atom is -0.408 e. The quantitative estimate of drug-likeness (QED) is 0.668. The lowest BCUT2D eigenvalue weighted by Gasteiger charge is -1.87. The van der Waals surface area contributed by atoms with Crippen molar-refractivity contribution < 1.29 is 4.42 Å². The molecule has 0 fully saturated rings. The predicted octanol–water partition coefficient (Wildman–Crippen LogP) is 3.18. The van der Waals surface area contributed by atoms with Gasteiger partial charge < -0.3 is 4.42 Å². The van der Waals surface area contributed by atoms with Crippen LogP contribution in [0.15, 0.2) is 33.5 Å². The van der Waals surface area contributed by atoms with Crippen LogP contribution in [0.5, 0.6) is 0 Å². The summed E-state index contributed by atoms with van der Waals surface area (Å²) in [5, 5.41) is 0. The van der Waals surface area contributed by atoms with Gasteiger partial charge in [0, 0.05) is 7.05 Å². The van der Waals surface area contributed by atoms with Crippen LogP contribution in [0, 0.1) is 0 Å². The van der Waals surface area contributed by atoms with E-state index in [4.69, 9.17) is 4.42 Å². The maximum Gasteiger partial charge on any atom is 0.419 e. The molecule has 0 unspecified atom stereocenters. The number of hydrogen-bond donors (Lipinski definition) is 0. The van der Waals surface area contributed by atoms with E-state index in [0.29, 0.717) is 5.58 Å². The zero-order valence-electron chi connectivity index (χ0n) is 10.1. The van der Waals surface area contributed by atoms with E-state index in [1.165, 1.54) is 4.57 Å². The third-order valence-corrected chi connectivity index (χ3v) is 1.70. The molecule has 0 amide bonds. The highest BCUT2D eigenvalue weighted by molar-refractivity contribution is 5.72. The van der Waals surface area contributed by atoms with Gasteiger partial charge in [-0.05, 0) is 12.1 Å². The average molecular weight is 209 g/mol. The lowest BCUT2D eigenvalue weighted by molar-refractivity contribution is 0.528. The first-order valence-electron chi connectivity index (χ1n) is 5.33. The molecular weight excluding hydrogens is 190 g/mol. The van der Waals surface area contributed by atoms with Gasteiger partial charge in [-0.1, -0.05) is 39.8 Å². The van der Waals surface area contributed by atoms with Crippen molar-refractivity contribution in [1.29, 1.82) is 0 Å². The third-order valence-electron chi connectivity index (χ3n) is 1.70. The maximum atomic E-state index is 10.9. The van der Waals surface area contributed by atoms with E-state index in [1.807, 2.05) is 45.9 Å². The van der Waals surface area contributed by atoms with Crippen LogP contribution < -0.4 is 5.76 Å². The Morgan fingerprint density at radius 1 is 1.07 bits per heavy atom. The van der Waals surface area contributed by atoms with Crippen LogP contribution in [0.4, 0.5) is 0 Å². The molecule has 0 N–H and O–H groups in total. The minimum absolute atomic E-state index is 0.314. The first kappa shape index (κ1) is 13.5. The van der Waals surface area contributed by atoms with Crippen LogP contribution in [-0.2, 0) is 7.05 Å². The number of oxazole rings is 1. The molecule has 15 heavy (non-hydrogen) atoms. The van der Waals surface area contributed by atoms with Gasteiger partial charge in [-0.25, -0.2) is 4.79 Å². The van der Waals surface area contributed by atoms with Gasteiger partial charge >= 0.3 is 5.76 Å². The lowest BCUT2D eigenvalue weighted by Crippen LogP contribution is -2.08. The lowest BCUT2D eigenvalue weighted by atomic mass is 10.3. The topological polar surface area (TPSA) is 35.1 Å². The number of fused-ring (bicyclic) bond motifs is 1. The summed E-state index contributed by atoms with van der Waals surface area (Å²) in [4.78, 5) is 10.9. The molecule has 3 nitrogen and oxygen atoms in total. The van der Waals surface area contributed by atoms with E-state index < -0.39 is 0 Å². The Bertz CT molecular complexity index is 440. The Morgan fingerprint density at radius 3 is 2.13 bits per heavy atom. The number of para-hydroxylation sites is 2. The van der Waals surface area contributed by atoms with E-state index in [9.17, 15) is 4.79 Å². The molecule has 0 radical (unpaired) electrons. The molecule has 0 aliphatic carbocycles. The molecule has 1 aromatic carbocycles. The highest BCUT2D eigenvalue weighted by atomic mass is 16.4. The maximum absolute atomic E-state index is 10.9. The Kier molecular flexibility index (Phi) is 6.18. The van der Waals surface area contributed by atoms with Gasteiger partial charge in [0.2, 0.25) is 0 Å². The summed E-state index contributed by atoms with van der Waals surface area (Å²) in [5.74, 6) is -0.314. The van der Waals surface area contributed by atoms with Crippen LogP contribution in [0.25, 0.3) is 11.1 Å². The Balaban J connectivity index is 0.000000442. The molecule has 0 saturated carbocycles. The summed E-state index contributed by atoms with van der Waals surface area (Å²) in [6.07, 6.45) is 0. The Labute approximate surface area is 90.3 Å². The molecule has 0 saturated heterocycles. The standard InChI is InChI=1S/C8H7NO2.2C2H6/c1-9-6-4-2-3-5-7(6)11-8(9)10;2*1-2/h2-5H,1H3;2*1-2H3. The zero-order valence-corrected chi connectivity index (χ0v) is 10.1. The molecule has 2 aromatic rings. The fourth-order valence-electron chi connectivity index (χ4n) is 1.08. The average Bonchev–Trinajstić information content (AvgIpc) is 2.61. The van der Waals surface area contributed by atoms with Crippen molar-refractivity contribution in [2.45, 2.75) is 27.7 Å². The van der Waals surface area contributed by atoms with Crippen LogP contribution in [0.1, 0.15) is 27.7 Å². The second kappa shape index (κ2) is 6.87. The fourth-order valence-corrected chi connectivity index (χ4v) is 1.08. The second-order valence-electron chi connectivity index (χ2n) is 2.39. The van der Waals surface area contributed by atoms with Gasteiger partial charge in [0.25, 0.3) is 0 Å². The fraction of sp³-hybridized carbons (Fsp3) is 0.417. The van der Waals surface area contributed by atoms with Crippen LogP contribution in [-0.4, -0.2) is 4.57 Å². The van der Waals surface area contributed by atoms with Crippen molar-refractivity contribution in [1.82, 2.24) is 4.57 Å². The van der Waals surface area contributed by atoms with Crippen molar-refractivity contribution in [3.63, 3.8) is 0 Å². The summed E-state index contributed by atoms with van der Waals surface area (Å²) in [7, 11) is 1.69. The van der Waals surface area contributed by atoms with Crippen LogP contribution in [0.3, 0.4) is 0 Å². The normalized spacial score (nSPS) is 8.60. The van der Waals surface area contributed by atoms with E-state index in [-0.39, 0.29) is 5.76 Å². The molecule has 1 aromatic heterocycles. The highest BCUT2D eigenvalue weighted by Gasteiger charge is 2.01.